The number of aryl methyl sites for hydroxylation is 1. The van der Waals surface area contributed by atoms with Crippen molar-refractivity contribution in [1.29, 1.82) is 0 Å². The van der Waals surface area contributed by atoms with Crippen LogP contribution in [0.3, 0.4) is 0 Å². The monoisotopic (exact) mass is 278 g/mol. The Morgan fingerprint density at radius 2 is 2.35 bits per heavy atom. The van der Waals surface area contributed by atoms with Gasteiger partial charge in [-0.05, 0) is 33.0 Å². The summed E-state index contributed by atoms with van der Waals surface area (Å²) >= 11 is 0. The summed E-state index contributed by atoms with van der Waals surface area (Å²) in [5.41, 5.74) is 2.46. The Hall–Kier alpha value is -1.59. The van der Waals surface area contributed by atoms with Crippen LogP contribution in [-0.2, 0) is 4.74 Å². The third kappa shape index (κ3) is 3.71. The van der Waals surface area contributed by atoms with Gasteiger partial charge < -0.3 is 19.6 Å². The molecule has 2 rings (SSSR count). The van der Waals surface area contributed by atoms with Gasteiger partial charge in [0.05, 0.1) is 12.3 Å². The number of rotatable bonds is 4. The molecule has 0 aromatic heterocycles. The largest absolute Gasteiger partial charge is 0.490 e. The number of oxime groups is 1. The molecule has 0 aliphatic carbocycles. The molecule has 1 heterocycles. The summed E-state index contributed by atoms with van der Waals surface area (Å²) in [7, 11) is 2.08. The number of likely N-dealkylation sites (N-methyl/N-ethyl adjacent to an activating group) is 1. The first kappa shape index (κ1) is 14.8. The van der Waals surface area contributed by atoms with E-state index in [4.69, 9.17) is 14.7 Å². The smallest absolute Gasteiger partial charge is 0.128 e. The zero-order chi connectivity index (χ0) is 14.5. The fourth-order valence-corrected chi connectivity index (χ4v) is 2.26. The predicted octanol–water partition coefficient (Wildman–Crippen LogP) is 1.90. The van der Waals surface area contributed by atoms with Crippen LogP contribution in [0.25, 0.3) is 0 Å². The molecule has 0 bridgehead atoms. The highest BCUT2D eigenvalue weighted by molar-refractivity contribution is 6.00. The van der Waals surface area contributed by atoms with E-state index >= 15 is 0 Å². The standard InChI is InChI=1S/C15H22N2O3/c1-11-4-5-15(14(8-11)12(2)16-18)20-10-13-9-17(3)6-7-19-13/h4-5,8,13,18H,6-7,9-10H2,1-3H3. The molecule has 5 nitrogen and oxygen atoms in total. The summed E-state index contributed by atoms with van der Waals surface area (Å²) in [5, 5.41) is 12.2. The highest BCUT2D eigenvalue weighted by Crippen LogP contribution is 2.21. The van der Waals surface area contributed by atoms with Crippen molar-refractivity contribution in [3.8, 4) is 5.75 Å². The maximum atomic E-state index is 8.96. The van der Waals surface area contributed by atoms with Crippen LogP contribution in [0.4, 0.5) is 0 Å². The molecule has 0 radical (unpaired) electrons. The van der Waals surface area contributed by atoms with Crippen molar-refractivity contribution < 1.29 is 14.7 Å². The van der Waals surface area contributed by atoms with E-state index < -0.39 is 0 Å². The van der Waals surface area contributed by atoms with Gasteiger partial charge in [0.15, 0.2) is 0 Å². The minimum absolute atomic E-state index is 0.0780. The summed E-state index contributed by atoms with van der Waals surface area (Å²) in [6.07, 6.45) is 0.0780. The second-order valence-corrected chi connectivity index (χ2v) is 5.25. The van der Waals surface area contributed by atoms with Crippen molar-refractivity contribution in [1.82, 2.24) is 4.90 Å². The summed E-state index contributed by atoms with van der Waals surface area (Å²) in [4.78, 5) is 2.23. The van der Waals surface area contributed by atoms with Crippen LogP contribution in [0.5, 0.6) is 5.75 Å². The van der Waals surface area contributed by atoms with Gasteiger partial charge in [0.2, 0.25) is 0 Å². The third-order valence-electron chi connectivity index (χ3n) is 3.44. The van der Waals surface area contributed by atoms with E-state index in [-0.39, 0.29) is 6.10 Å². The first-order chi connectivity index (χ1) is 9.60. The Labute approximate surface area is 119 Å². The van der Waals surface area contributed by atoms with Crippen LogP contribution >= 0.6 is 0 Å². The van der Waals surface area contributed by atoms with Crippen LogP contribution < -0.4 is 4.74 Å². The van der Waals surface area contributed by atoms with Crippen LogP contribution in [0.2, 0.25) is 0 Å². The average molecular weight is 278 g/mol. The normalized spacial score (nSPS) is 20.9. The highest BCUT2D eigenvalue weighted by atomic mass is 16.5. The predicted molar refractivity (Wildman–Crippen MR) is 77.9 cm³/mol. The third-order valence-corrected chi connectivity index (χ3v) is 3.44. The van der Waals surface area contributed by atoms with Crippen molar-refractivity contribution in [3.05, 3.63) is 29.3 Å². The fourth-order valence-electron chi connectivity index (χ4n) is 2.26. The molecule has 1 N–H and O–H groups in total. The number of nitrogens with zero attached hydrogens (tertiary/aromatic N) is 2. The van der Waals surface area contributed by atoms with Crippen molar-refractivity contribution in [3.63, 3.8) is 0 Å². The van der Waals surface area contributed by atoms with Gasteiger partial charge in [-0.3, -0.25) is 0 Å². The number of morpholine rings is 1. The van der Waals surface area contributed by atoms with Crippen LogP contribution in [0.1, 0.15) is 18.1 Å². The highest BCUT2D eigenvalue weighted by Gasteiger charge is 2.19. The summed E-state index contributed by atoms with van der Waals surface area (Å²) in [6.45, 7) is 6.82. The number of hydrogen-bond acceptors (Lipinski definition) is 5. The lowest BCUT2D eigenvalue weighted by molar-refractivity contribution is -0.0403. The van der Waals surface area contributed by atoms with Gasteiger partial charge in [-0.25, -0.2) is 0 Å². The zero-order valence-electron chi connectivity index (χ0n) is 12.3. The average Bonchev–Trinajstić information content (AvgIpc) is 2.45. The van der Waals surface area contributed by atoms with E-state index in [0.29, 0.717) is 12.3 Å². The van der Waals surface area contributed by atoms with E-state index in [1.165, 1.54) is 0 Å². The van der Waals surface area contributed by atoms with E-state index in [0.717, 1.165) is 36.6 Å². The van der Waals surface area contributed by atoms with Crippen LogP contribution in [0.15, 0.2) is 23.4 Å². The maximum absolute atomic E-state index is 8.96. The van der Waals surface area contributed by atoms with Gasteiger partial charge in [0.1, 0.15) is 18.5 Å². The van der Waals surface area contributed by atoms with Crippen LogP contribution in [-0.4, -0.2) is 55.3 Å². The second-order valence-electron chi connectivity index (χ2n) is 5.25. The lowest BCUT2D eigenvalue weighted by Crippen LogP contribution is -2.42. The number of hydrogen-bond donors (Lipinski definition) is 1. The Morgan fingerprint density at radius 3 is 3.05 bits per heavy atom. The quantitative estimate of drug-likeness (QED) is 0.519. The van der Waals surface area contributed by atoms with Gasteiger partial charge in [0.25, 0.3) is 0 Å². The Balaban J connectivity index is 2.05. The summed E-state index contributed by atoms with van der Waals surface area (Å²) in [6, 6.07) is 5.85. The van der Waals surface area contributed by atoms with Crippen molar-refractivity contribution in [2.24, 2.45) is 5.16 Å². The summed E-state index contributed by atoms with van der Waals surface area (Å²) < 4.78 is 11.5. The van der Waals surface area contributed by atoms with Crippen molar-refractivity contribution in [2.45, 2.75) is 20.0 Å². The molecule has 1 unspecified atom stereocenters. The van der Waals surface area contributed by atoms with Gasteiger partial charge in [0, 0.05) is 18.7 Å². The van der Waals surface area contributed by atoms with Crippen LogP contribution in [0, 0.1) is 6.92 Å². The molecule has 0 saturated carbocycles. The Morgan fingerprint density at radius 1 is 1.55 bits per heavy atom. The first-order valence-electron chi connectivity index (χ1n) is 6.82. The maximum Gasteiger partial charge on any atom is 0.128 e. The van der Waals surface area contributed by atoms with E-state index in [2.05, 4.69) is 17.1 Å². The topological polar surface area (TPSA) is 54.3 Å². The second kappa shape index (κ2) is 6.72. The molecule has 1 atom stereocenters. The molecule has 20 heavy (non-hydrogen) atoms. The van der Waals surface area contributed by atoms with E-state index in [1.54, 1.807) is 6.92 Å². The molecule has 1 aromatic carbocycles. The molecular formula is C15H22N2O3. The molecular weight excluding hydrogens is 256 g/mol. The molecule has 1 aliphatic heterocycles. The lowest BCUT2D eigenvalue weighted by atomic mass is 10.1. The molecule has 1 fully saturated rings. The lowest BCUT2D eigenvalue weighted by Gasteiger charge is -2.30. The van der Waals surface area contributed by atoms with Crippen molar-refractivity contribution in [2.75, 3.05) is 33.4 Å². The number of ether oxygens (including phenoxy) is 2. The fraction of sp³-hybridized carbons (Fsp3) is 0.533. The van der Waals surface area contributed by atoms with Crippen molar-refractivity contribution >= 4 is 5.71 Å². The van der Waals surface area contributed by atoms with E-state index in [1.807, 2.05) is 25.1 Å². The first-order valence-corrected chi connectivity index (χ1v) is 6.82. The molecule has 110 valence electrons. The van der Waals surface area contributed by atoms with Gasteiger partial charge in [-0.15, -0.1) is 0 Å². The van der Waals surface area contributed by atoms with Gasteiger partial charge in [-0.1, -0.05) is 16.8 Å². The number of benzene rings is 1. The van der Waals surface area contributed by atoms with Gasteiger partial charge in [-0.2, -0.15) is 0 Å². The molecule has 1 aliphatic rings. The minimum Gasteiger partial charge on any atom is -0.490 e. The molecule has 5 heteroatoms. The molecule has 1 saturated heterocycles. The zero-order valence-corrected chi connectivity index (χ0v) is 12.3. The Kier molecular flexibility index (Phi) is 4.98. The molecule has 0 amide bonds. The Bertz CT molecular complexity index is 488. The SMILES string of the molecule is CC(=NO)c1cc(C)ccc1OCC1CN(C)CCO1. The minimum atomic E-state index is 0.0780. The molecule has 1 aromatic rings. The van der Waals surface area contributed by atoms with Gasteiger partial charge >= 0.3 is 0 Å². The van der Waals surface area contributed by atoms with E-state index in [9.17, 15) is 0 Å². The summed E-state index contributed by atoms with van der Waals surface area (Å²) in [5.74, 6) is 0.725. The molecule has 0 spiro atoms.